The molecule has 7 nitrogen and oxygen atoms in total. The molecule has 1 saturated carbocycles. The van der Waals surface area contributed by atoms with E-state index in [9.17, 15) is 14.9 Å². The summed E-state index contributed by atoms with van der Waals surface area (Å²) in [5.74, 6) is 0.213. The Labute approximate surface area is 177 Å². The molecule has 5 rings (SSSR count). The van der Waals surface area contributed by atoms with Crippen LogP contribution in [0.25, 0.3) is 10.2 Å². The van der Waals surface area contributed by atoms with E-state index in [0.29, 0.717) is 36.3 Å². The van der Waals surface area contributed by atoms with Gasteiger partial charge in [0.25, 0.3) is 11.6 Å². The van der Waals surface area contributed by atoms with E-state index >= 15 is 0 Å². The number of rotatable bonds is 5. The Balaban J connectivity index is 1.28. The number of nitro groups is 1. The molecule has 1 saturated heterocycles. The average Bonchev–Trinajstić information content (AvgIpc) is 3.47. The van der Waals surface area contributed by atoms with Crippen LogP contribution in [0.15, 0.2) is 42.5 Å². The molecule has 1 aliphatic heterocycles. The summed E-state index contributed by atoms with van der Waals surface area (Å²) in [5.41, 5.74) is 1.87. The second-order valence-corrected chi connectivity index (χ2v) is 9.06. The fraction of sp³-hybridized carbons (Fsp3) is 0.364. The van der Waals surface area contributed by atoms with Gasteiger partial charge in [-0.15, -0.1) is 11.3 Å². The first-order valence-electron chi connectivity index (χ1n) is 10.3. The molecule has 154 valence electrons. The van der Waals surface area contributed by atoms with Gasteiger partial charge < -0.3 is 10.2 Å². The predicted octanol–water partition coefficient (Wildman–Crippen LogP) is 4.80. The maximum atomic E-state index is 13.0. The van der Waals surface area contributed by atoms with E-state index in [-0.39, 0.29) is 11.6 Å². The zero-order valence-electron chi connectivity index (χ0n) is 16.4. The van der Waals surface area contributed by atoms with Gasteiger partial charge >= 0.3 is 0 Å². The Hall–Kier alpha value is -3.00. The first-order valence-corrected chi connectivity index (χ1v) is 11.1. The van der Waals surface area contributed by atoms with Crippen LogP contribution >= 0.6 is 11.3 Å². The molecule has 0 atom stereocenters. The SMILES string of the molecule is O=C(c1ccc(NC2CC2)c([N+](=O)[O-])c1)N1CCC(c2nc3ccccc3s2)CC1. The zero-order valence-corrected chi connectivity index (χ0v) is 17.2. The van der Waals surface area contributed by atoms with E-state index in [2.05, 4.69) is 11.4 Å². The molecule has 0 radical (unpaired) electrons. The minimum atomic E-state index is -0.416. The van der Waals surface area contributed by atoms with Crippen molar-refractivity contribution in [3.8, 4) is 0 Å². The Bertz CT molecular complexity index is 1080. The van der Waals surface area contributed by atoms with Gasteiger partial charge in [-0.25, -0.2) is 4.98 Å². The molecular formula is C22H22N4O3S. The topological polar surface area (TPSA) is 88.4 Å². The van der Waals surface area contributed by atoms with Crippen molar-refractivity contribution < 1.29 is 9.72 Å². The molecule has 2 aliphatic rings. The van der Waals surface area contributed by atoms with Gasteiger partial charge in [0, 0.05) is 36.7 Å². The van der Waals surface area contributed by atoms with E-state index in [4.69, 9.17) is 4.98 Å². The summed E-state index contributed by atoms with van der Waals surface area (Å²) < 4.78 is 1.19. The molecule has 8 heteroatoms. The standard InChI is InChI=1S/C22H22N4O3S/c27-22(15-5-8-17(23-16-6-7-16)19(13-15)26(28)29)25-11-9-14(10-12-25)21-24-18-3-1-2-4-20(18)30-21/h1-5,8,13-14,16,23H,6-7,9-12H2. The van der Waals surface area contributed by atoms with Crippen LogP contribution in [0.1, 0.15) is 47.0 Å². The first kappa shape index (κ1) is 19.0. The molecular weight excluding hydrogens is 400 g/mol. The van der Waals surface area contributed by atoms with Crippen LogP contribution in [0.2, 0.25) is 0 Å². The number of hydrogen-bond acceptors (Lipinski definition) is 6. The number of anilines is 1. The quantitative estimate of drug-likeness (QED) is 0.471. The lowest BCUT2D eigenvalue weighted by Crippen LogP contribution is -2.37. The molecule has 1 aromatic heterocycles. The zero-order chi connectivity index (χ0) is 20.7. The summed E-state index contributed by atoms with van der Waals surface area (Å²) in [6.07, 6.45) is 3.77. The van der Waals surface area contributed by atoms with Crippen molar-refractivity contribution in [1.82, 2.24) is 9.88 Å². The second kappa shape index (κ2) is 7.68. The highest BCUT2D eigenvalue weighted by atomic mass is 32.1. The Kier molecular flexibility index (Phi) is 4.86. The molecule has 1 N–H and O–H groups in total. The number of likely N-dealkylation sites (tertiary alicyclic amines) is 1. The largest absolute Gasteiger partial charge is 0.377 e. The molecule has 1 amide bonds. The number of carbonyl (C=O) groups is 1. The lowest BCUT2D eigenvalue weighted by molar-refractivity contribution is -0.384. The van der Waals surface area contributed by atoms with Gasteiger partial charge in [0.05, 0.1) is 20.1 Å². The molecule has 0 spiro atoms. The summed E-state index contributed by atoms with van der Waals surface area (Å²) in [6, 6.07) is 13.2. The second-order valence-electron chi connectivity index (χ2n) is 7.99. The molecule has 2 heterocycles. The number of benzene rings is 2. The van der Waals surface area contributed by atoms with Crippen LogP contribution < -0.4 is 5.32 Å². The van der Waals surface area contributed by atoms with E-state index in [1.165, 1.54) is 10.8 Å². The number of thiazole rings is 1. The number of aromatic nitrogens is 1. The maximum Gasteiger partial charge on any atom is 0.293 e. The van der Waals surface area contributed by atoms with E-state index in [1.807, 2.05) is 18.2 Å². The van der Waals surface area contributed by atoms with Crippen LogP contribution in [0.5, 0.6) is 0 Å². The molecule has 1 aliphatic carbocycles. The van der Waals surface area contributed by atoms with Gasteiger partial charge in [0.15, 0.2) is 0 Å². The summed E-state index contributed by atoms with van der Waals surface area (Å²) in [6.45, 7) is 1.27. The number of fused-ring (bicyclic) bond motifs is 1. The number of piperidine rings is 1. The highest BCUT2D eigenvalue weighted by molar-refractivity contribution is 7.18. The van der Waals surface area contributed by atoms with Crippen molar-refractivity contribution in [1.29, 1.82) is 0 Å². The summed E-state index contributed by atoms with van der Waals surface area (Å²) in [5, 5.41) is 15.8. The van der Waals surface area contributed by atoms with Crippen molar-refractivity contribution in [2.75, 3.05) is 18.4 Å². The summed E-state index contributed by atoms with van der Waals surface area (Å²) >= 11 is 1.73. The van der Waals surface area contributed by atoms with Crippen molar-refractivity contribution in [3.05, 3.63) is 63.1 Å². The molecule has 0 unspecified atom stereocenters. The van der Waals surface area contributed by atoms with Crippen molar-refractivity contribution in [2.45, 2.75) is 37.6 Å². The van der Waals surface area contributed by atoms with Gasteiger partial charge in [-0.2, -0.15) is 0 Å². The van der Waals surface area contributed by atoms with E-state index in [0.717, 1.165) is 36.2 Å². The number of nitro benzene ring substituents is 1. The molecule has 3 aromatic rings. The Morgan fingerprint density at radius 1 is 1.13 bits per heavy atom. The Morgan fingerprint density at radius 2 is 1.90 bits per heavy atom. The highest BCUT2D eigenvalue weighted by Crippen LogP contribution is 2.35. The van der Waals surface area contributed by atoms with E-state index in [1.54, 1.807) is 28.4 Å². The van der Waals surface area contributed by atoms with Crippen molar-refractivity contribution in [3.63, 3.8) is 0 Å². The molecule has 2 aromatic carbocycles. The fourth-order valence-corrected chi connectivity index (χ4v) is 5.10. The smallest absolute Gasteiger partial charge is 0.293 e. The number of amides is 1. The number of nitrogens with one attached hydrogen (secondary N) is 1. The van der Waals surface area contributed by atoms with Gasteiger partial charge in [-0.3, -0.25) is 14.9 Å². The van der Waals surface area contributed by atoms with Gasteiger partial charge in [0.1, 0.15) is 5.69 Å². The molecule has 2 fully saturated rings. The van der Waals surface area contributed by atoms with Crippen LogP contribution in [-0.2, 0) is 0 Å². The van der Waals surface area contributed by atoms with Gasteiger partial charge in [-0.1, -0.05) is 12.1 Å². The third-order valence-electron chi connectivity index (χ3n) is 5.82. The van der Waals surface area contributed by atoms with Crippen LogP contribution in [-0.4, -0.2) is 39.8 Å². The van der Waals surface area contributed by atoms with E-state index < -0.39 is 4.92 Å². The minimum Gasteiger partial charge on any atom is -0.377 e. The lowest BCUT2D eigenvalue weighted by atomic mass is 9.97. The number of nitrogens with zero attached hydrogens (tertiary/aromatic N) is 3. The number of para-hydroxylation sites is 1. The lowest BCUT2D eigenvalue weighted by Gasteiger charge is -2.31. The number of hydrogen-bond donors (Lipinski definition) is 1. The fourth-order valence-electron chi connectivity index (χ4n) is 3.96. The highest BCUT2D eigenvalue weighted by Gasteiger charge is 2.29. The minimum absolute atomic E-state index is 0.0305. The van der Waals surface area contributed by atoms with Crippen LogP contribution in [0.3, 0.4) is 0 Å². The molecule has 30 heavy (non-hydrogen) atoms. The average molecular weight is 423 g/mol. The monoisotopic (exact) mass is 422 g/mol. The van der Waals surface area contributed by atoms with Crippen molar-refractivity contribution >= 4 is 38.8 Å². The van der Waals surface area contributed by atoms with Gasteiger partial charge in [-0.05, 0) is 49.9 Å². The summed E-state index contributed by atoms with van der Waals surface area (Å²) in [7, 11) is 0. The van der Waals surface area contributed by atoms with Crippen molar-refractivity contribution in [2.24, 2.45) is 0 Å². The summed E-state index contributed by atoms with van der Waals surface area (Å²) in [4.78, 5) is 30.6. The first-order chi connectivity index (χ1) is 14.6. The maximum absolute atomic E-state index is 13.0. The Morgan fingerprint density at radius 3 is 2.60 bits per heavy atom. The van der Waals surface area contributed by atoms with Crippen LogP contribution in [0.4, 0.5) is 11.4 Å². The number of carbonyl (C=O) groups excluding carboxylic acids is 1. The molecule has 0 bridgehead atoms. The van der Waals surface area contributed by atoms with Gasteiger partial charge in [0.2, 0.25) is 0 Å². The van der Waals surface area contributed by atoms with Crippen LogP contribution in [0, 0.1) is 10.1 Å². The third-order valence-corrected chi connectivity index (χ3v) is 7.02. The third kappa shape index (κ3) is 3.75. The normalized spacial score (nSPS) is 17.3. The predicted molar refractivity (Wildman–Crippen MR) is 117 cm³/mol.